The minimum Gasteiger partial charge on any atom is -0.490 e. The number of aliphatic hydroxyl groups excluding tert-OH is 1. The second kappa shape index (κ2) is 10.4. The van der Waals surface area contributed by atoms with Gasteiger partial charge in [-0.1, -0.05) is 11.6 Å². The van der Waals surface area contributed by atoms with Gasteiger partial charge in [-0.3, -0.25) is 4.79 Å². The fourth-order valence-electron chi connectivity index (χ4n) is 4.26. The fourth-order valence-corrected chi connectivity index (χ4v) is 4.52. The van der Waals surface area contributed by atoms with Crippen molar-refractivity contribution in [1.29, 1.82) is 0 Å². The number of rotatable bonds is 6. The number of carbonyl (C=O) groups excluding carboxylic acids is 1. The molecule has 0 unspecified atom stereocenters. The van der Waals surface area contributed by atoms with E-state index in [1.807, 2.05) is 31.3 Å². The molecule has 2 aliphatic rings. The van der Waals surface area contributed by atoms with Gasteiger partial charge < -0.3 is 25.4 Å². The molecule has 0 bridgehead atoms. The van der Waals surface area contributed by atoms with E-state index in [2.05, 4.69) is 25.7 Å². The molecule has 2 fully saturated rings. The number of benzene rings is 1. The summed E-state index contributed by atoms with van der Waals surface area (Å²) in [5.74, 6) is 1.31. The molecule has 1 amide bonds. The summed E-state index contributed by atoms with van der Waals surface area (Å²) >= 11 is 6.23. The third kappa shape index (κ3) is 5.61. The standard InChI is InChI=1S/C23H30ClN5O3/c1-25-20-7-6-18(14-19(20)24)32-17-4-2-15(3-5-17)26-23(31)21-8-9-22(28-27-21)29-12-10-16(30)11-13-29/h6-9,14-17,25,30H,2-5,10-13H2,1H3,(H,26,31). The molecular formula is C23H30ClN5O3. The summed E-state index contributed by atoms with van der Waals surface area (Å²) in [5.41, 5.74) is 1.19. The van der Waals surface area contributed by atoms with Crippen LogP contribution in [0, 0.1) is 0 Å². The Kier molecular flexibility index (Phi) is 7.32. The molecule has 1 aromatic carbocycles. The summed E-state index contributed by atoms with van der Waals surface area (Å²) in [6.07, 6.45) is 4.75. The Morgan fingerprint density at radius 2 is 1.84 bits per heavy atom. The van der Waals surface area contributed by atoms with Gasteiger partial charge in [0.1, 0.15) is 5.75 Å². The van der Waals surface area contributed by atoms with E-state index in [0.29, 0.717) is 10.7 Å². The predicted octanol–water partition coefficient (Wildman–Crippen LogP) is 3.25. The highest BCUT2D eigenvalue weighted by Crippen LogP contribution is 2.29. The minimum atomic E-state index is -0.235. The summed E-state index contributed by atoms with van der Waals surface area (Å²) in [6.45, 7) is 1.50. The van der Waals surface area contributed by atoms with Crippen molar-refractivity contribution in [2.24, 2.45) is 0 Å². The van der Waals surface area contributed by atoms with Gasteiger partial charge in [0.15, 0.2) is 11.5 Å². The lowest BCUT2D eigenvalue weighted by Gasteiger charge is -2.30. The van der Waals surface area contributed by atoms with Crippen LogP contribution < -0.4 is 20.3 Å². The highest BCUT2D eigenvalue weighted by atomic mass is 35.5. The van der Waals surface area contributed by atoms with Crippen LogP contribution in [0.3, 0.4) is 0 Å². The number of carbonyl (C=O) groups is 1. The number of halogens is 1. The number of nitrogens with one attached hydrogen (secondary N) is 2. The molecule has 1 aliphatic carbocycles. The van der Waals surface area contributed by atoms with Crippen molar-refractivity contribution in [3.63, 3.8) is 0 Å². The fraction of sp³-hybridized carbons (Fsp3) is 0.522. The Labute approximate surface area is 193 Å². The number of nitrogens with zero attached hydrogens (tertiary/aromatic N) is 3. The van der Waals surface area contributed by atoms with Crippen LogP contribution in [0.15, 0.2) is 30.3 Å². The lowest BCUT2D eigenvalue weighted by atomic mass is 9.93. The van der Waals surface area contributed by atoms with Crippen molar-refractivity contribution in [3.8, 4) is 5.75 Å². The molecule has 1 saturated carbocycles. The SMILES string of the molecule is CNc1ccc(OC2CCC(NC(=O)c3ccc(N4CCC(O)CC4)nn3)CC2)cc1Cl. The van der Waals surface area contributed by atoms with Crippen molar-refractivity contribution < 1.29 is 14.6 Å². The molecule has 0 atom stereocenters. The normalized spacial score (nSPS) is 21.8. The predicted molar refractivity (Wildman–Crippen MR) is 125 cm³/mol. The van der Waals surface area contributed by atoms with Crippen molar-refractivity contribution in [1.82, 2.24) is 15.5 Å². The minimum absolute atomic E-state index is 0.0997. The van der Waals surface area contributed by atoms with Crippen molar-refractivity contribution >= 4 is 29.0 Å². The number of ether oxygens (including phenoxy) is 1. The highest BCUT2D eigenvalue weighted by molar-refractivity contribution is 6.33. The Morgan fingerprint density at radius 3 is 2.47 bits per heavy atom. The Bertz CT molecular complexity index is 910. The van der Waals surface area contributed by atoms with E-state index in [4.69, 9.17) is 16.3 Å². The summed E-state index contributed by atoms with van der Waals surface area (Å²) in [4.78, 5) is 14.7. The second-order valence-corrected chi connectivity index (χ2v) is 8.86. The average Bonchev–Trinajstić information content (AvgIpc) is 2.81. The van der Waals surface area contributed by atoms with Gasteiger partial charge in [-0.2, -0.15) is 0 Å². The molecule has 32 heavy (non-hydrogen) atoms. The zero-order valence-electron chi connectivity index (χ0n) is 18.3. The van der Waals surface area contributed by atoms with Gasteiger partial charge in [0, 0.05) is 32.2 Å². The first-order valence-electron chi connectivity index (χ1n) is 11.2. The number of piperidine rings is 1. The van der Waals surface area contributed by atoms with Gasteiger partial charge in [0.05, 0.1) is 22.9 Å². The van der Waals surface area contributed by atoms with E-state index in [9.17, 15) is 9.90 Å². The van der Waals surface area contributed by atoms with Gasteiger partial charge in [0.25, 0.3) is 5.91 Å². The Hall–Kier alpha value is -2.58. The maximum absolute atomic E-state index is 12.6. The number of aromatic nitrogens is 2. The lowest BCUT2D eigenvalue weighted by Crippen LogP contribution is -2.40. The smallest absolute Gasteiger partial charge is 0.272 e. The molecular weight excluding hydrogens is 430 g/mol. The summed E-state index contributed by atoms with van der Waals surface area (Å²) < 4.78 is 6.08. The highest BCUT2D eigenvalue weighted by Gasteiger charge is 2.25. The molecule has 8 nitrogen and oxygen atoms in total. The molecule has 1 aliphatic heterocycles. The Morgan fingerprint density at radius 1 is 1.09 bits per heavy atom. The average molecular weight is 460 g/mol. The second-order valence-electron chi connectivity index (χ2n) is 8.45. The van der Waals surface area contributed by atoms with E-state index in [1.54, 1.807) is 6.07 Å². The quantitative estimate of drug-likeness (QED) is 0.609. The van der Waals surface area contributed by atoms with Crippen LogP contribution in [-0.4, -0.2) is 59.6 Å². The lowest BCUT2D eigenvalue weighted by molar-refractivity contribution is 0.0888. The number of hydrogen-bond donors (Lipinski definition) is 3. The van der Waals surface area contributed by atoms with Crippen molar-refractivity contribution in [2.75, 3.05) is 30.4 Å². The van der Waals surface area contributed by atoms with E-state index in [0.717, 1.165) is 68.9 Å². The third-order valence-electron chi connectivity index (χ3n) is 6.19. The molecule has 1 aromatic heterocycles. The van der Waals surface area contributed by atoms with Crippen LogP contribution >= 0.6 is 11.6 Å². The van der Waals surface area contributed by atoms with Crippen LogP contribution in [0.25, 0.3) is 0 Å². The van der Waals surface area contributed by atoms with Gasteiger partial charge in [-0.15, -0.1) is 10.2 Å². The molecule has 9 heteroatoms. The largest absolute Gasteiger partial charge is 0.490 e. The van der Waals surface area contributed by atoms with Gasteiger partial charge >= 0.3 is 0 Å². The third-order valence-corrected chi connectivity index (χ3v) is 6.51. The first kappa shape index (κ1) is 22.6. The van der Waals surface area contributed by atoms with E-state index in [1.165, 1.54) is 0 Å². The molecule has 3 N–H and O–H groups in total. The molecule has 0 spiro atoms. The van der Waals surface area contributed by atoms with Crippen molar-refractivity contribution in [2.45, 2.75) is 56.8 Å². The van der Waals surface area contributed by atoms with Gasteiger partial charge in [0.2, 0.25) is 0 Å². The summed E-state index contributed by atoms with van der Waals surface area (Å²) in [7, 11) is 1.83. The van der Waals surface area contributed by atoms with Crippen molar-refractivity contribution in [3.05, 3.63) is 41.0 Å². The summed E-state index contributed by atoms with van der Waals surface area (Å²) in [6, 6.07) is 9.30. The topological polar surface area (TPSA) is 99.6 Å². The maximum atomic E-state index is 12.6. The Balaban J connectivity index is 1.24. The first-order valence-corrected chi connectivity index (χ1v) is 11.6. The van der Waals surface area contributed by atoms with Gasteiger partial charge in [-0.05, 0) is 62.8 Å². The monoisotopic (exact) mass is 459 g/mol. The number of aliphatic hydroxyl groups is 1. The maximum Gasteiger partial charge on any atom is 0.272 e. The van der Waals surface area contributed by atoms with E-state index < -0.39 is 0 Å². The number of amides is 1. The van der Waals surface area contributed by atoms with E-state index in [-0.39, 0.29) is 24.2 Å². The number of anilines is 2. The molecule has 1 saturated heterocycles. The molecule has 2 heterocycles. The zero-order valence-corrected chi connectivity index (χ0v) is 19.0. The first-order chi connectivity index (χ1) is 15.5. The zero-order chi connectivity index (χ0) is 22.5. The van der Waals surface area contributed by atoms with Crippen LogP contribution in [0.5, 0.6) is 5.75 Å². The molecule has 0 radical (unpaired) electrons. The van der Waals surface area contributed by atoms with Crippen LogP contribution in [0.1, 0.15) is 49.0 Å². The number of hydrogen-bond acceptors (Lipinski definition) is 7. The molecule has 2 aromatic rings. The summed E-state index contributed by atoms with van der Waals surface area (Å²) in [5, 5.41) is 24.7. The van der Waals surface area contributed by atoms with E-state index >= 15 is 0 Å². The molecule has 4 rings (SSSR count). The van der Waals surface area contributed by atoms with Crippen LogP contribution in [0.2, 0.25) is 5.02 Å². The van der Waals surface area contributed by atoms with Crippen LogP contribution in [-0.2, 0) is 0 Å². The molecule has 172 valence electrons. The van der Waals surface area contributed by atoms with Gasteiger partial charge in [-0.25, -0.2) is 0 Å². The van der Waals surface area contributed by atoms with Crippen LogP contribution in [0.4, 0.5) is 11.5 Å².